The fourth-order valence-corrected chi connectivity index (χ4v) is 3.19. The van der Waals surface area contributed by atoms with Crippen LogP contribution in [0.2, 0.25) is 0 Å². The fraction of sp³-hybridized carbons (Fsp3) is 0.588. The van der Waals surface area contributed by atoms with Crippen LogP contribution in [0.1, 0.15) is 42.4 Å². The van der Waals surface area contributed by atoms with Crippen LogP contribution in [0.3, 0.4) is 0 Å². The third kappa shape index (κ3) is 4.34. The molecule has 2 rings (SSSR count). The number of benzene rings is 1. The molecule has 2 atom stereocenters. The van der Waals surface area contributed by atoms with Crippen molar-refractivity contribution in [3.05, 3.63) is 34.9 Å². The standard InChI is InChI=1S/C17H26N2O/c1-12-8-13(2)10-14(9-12)6-7-19-17(20)11-15-4-3-5-16(15)18/h8-10,15-16H,3-7,11,18H2,1-2H3,(H,19,20)/t15-,16+/m0/s1. The number of carbonyl (C=O) groups excluding carboxylic acids is 1. The Bertz CT molecular complexity index is 450. The lowest BCUT2D eigenvalue weighted by Crippen LogP contribution is -2.32. The molecule has 1 aliphatic carbocycles. The molecule has 1 amide bonds. The Balaban J connectivity index is 1.73. The van der Waals surface area contributed by atoms with Gasteiger partial charge in [-0.05, 0) is 44.6 Å². The van der Waals surface area contributed by atoms with Crippen LogP contribution in [0, 0.1) is 19.8 Å². The largest absolute Gasteiger partial charge is 0.356 e. The summed E-state index contributed by atoms with van der Waals surface area (Å²) >= 11 is 0. The van der Waals surface area contributed by atoms with E-state index in [0.717, 1.165) is 19.3 Å². The number of hydrogen-bond donors (Lipinski definition) is 2. The first-order chi connectivity index (χ1) is 9.54. The number of carbonyl (C=O) groups is 1. The van der Waals surface area contributed by atoms with Crippen molar-refractivity contribution in [3.63, 3.8) is 0 Å². The zero-order valence-electron chi connectivity index (χ0n) is 12.6. The Morgan fingerprint density at radius 1 is 1.25 bits per heavy atom. The van der Waals surface area contributed by atoms with Crippen LogP contribution < -0.4 is 11.1 Å². The summed E-state index contributed by atoms with van der Waals surface area (Å²) in [5.74, 6) is 0.535. The highest BCUT2D eigenvalue weighted by atomic mass is 16.1. The van der Waals surface area contributed by atoms with Crippen molar-refractivity contribution in [2.75, 3.05) is 6.54 Å². The molecule has 1 aliphatic rings. The molecule has 3 nitrogen and oxygen atoms in total. The Morgan fingerprint density at radius 2 is 1.95 bits per heavy atom. The number of rotatable bonds is 5. The van der Waals surface area contributed by atoms with Crippen LogP contribution in [0.15, 0.2) is 18.2 Å². The van der Waals surface area contributed by atoms with Crippen molar-refractivity contribution < 1.29 is 4.79 Å². The average molecular weight is 274 g/mol. The van der Waals surface area contributed by atoms with E-state index in [1.165, 1.54) is 23.1 Å². The van der Waals surface area contributed by atoms with Crippen LogP contribution in [-0.4, -0.2) is 18.5 Å². The molecule has 0 aromatic heterocycles. The van der Waals surface area contributed by atoms with Gasteiger partial charge in [0, 0.05) is 19.0 Å². The predicted octanol–water partition coefficient (Wildman–Crippen LogP) is 2.48. The molecule has 0 heterocycles. The third-order valence-corrected chi connectivity index (χ3v) is 4.18. The minimum atomic E-state index is 0.150. The molecule has 110 valence electrons. The Kier molecular flexibility index (Phi) is 5.18. The van der Waals surface area contributed by atoms with Crippen LogP contribution in [-0.2, 0) is 11.2 Å². The first-order valence-corrected chi connectivity index (χ1v) is 7.64. The molecule has 3 N–H and O–H groups in total. The van der Waals surface area contributed by atoms with Gasteiger partial charge >= 0.3 is 0 Å². The summed E-state index contributed by atoms with van der Waals surface area (Å²) in [7, 11) is 0. The summed E-state index contributed by atoms with van der Waals surface area (Å²) < 4.78 is 0. The molecule has 0 saturated heterocycles. The molecule has 0 aliphatic heterocycles. The van der Waals surface area contributed by atoms with Gasteiger partial charge < -0.3 is 11.1 Å². The lowest BCUT2D eigenvalue weighted by Gasteiger charge is -2.14. The van der Waals surface area contributed by atoms with Gasteiger partial charge in [0.05, 0.1) is 0 Å². The van der Waals surface area contributed by atoms with Gasteiger partial charge in [0.1, 0.15) is 0 Å². The SMILES string of the molecule is Cc1cc(C)cc(CCNC(=O)C[C@@H]2CCC[C@H]2N)c1. The van der Waals surface area contributed by atoms with Gasteiger partial charge in [-0.15, -0.1) is 0 Å². The molecule has 0 radical (unpaired) electrons. The van der Waals surface area contributed by atoms with Crippen molar-refractivity contribution in [2.24, 2.45) is 11.7 Å². The van der Waals surface area contributed by atoms with Crippen molar-refractivity contribution in [3.8, 4) is 0 Å². The van der Waals surface area contributed by atoms with Crippen LogP contribution >= 0.6 is 0 Å². The molecular weight excluding hydrogens is 248 g/mol. The summed E-state index contributed by atoms with van der Waals surface area (Å²) in [5.41, 5.74) is 9.85. The zero-order valence-corrected chi connectivity index (χ0v) is 12.6. The first kappa shape index (κ1) is 15.0. The smallest absolute Gasteiger partial charge is 0.220 e. The van der Waals surface area contributed by atoms with E-state index in [-0.39, 0.29) is 11.9 Å². The molecule has 0 unspecified atom stereocenters. The van der Waals surface area contributed by atoms with Gasteiger partial charge in [-0.2, -0.15) is 0 Å². The normalized spacial score (nSPS) is 21.9. The quantitative estimate of drug-likeness (QED) is 0.866. The summed E-state index contributed by atoms with van der Waals surface area (Å²) in [6.07, 6.45) is 4.83. The first-order valence-electron chi connectivity index (χ1n) is 7.64. The number of nitrogens with one attached hydrogen (secondary N) is 1. The Morgan fingerprint density at radius 3 is 2.55 bits per heavy atom. The predicted molar refractivity (Wildman–Crippen MR) is 82.6 cm³/mol. The van der Waals surface area contributed by atoms with Crippen LogP contribution in [0.4, 0.5) is 0 Å². The molecule has 3 heteroatoms. The maximum atomic E-state index is 11.9. The molecular formula is C17H26N2O. The summed E-state index contributed by atoms with van der Waals surface area (Å²) in [6, 6.07) is 6.77. The number of aryl methyl sites for hydroxylation is 2. The van der Waals surface area contributed by atoms with Gasteiger partial charge in [0.25, 0.3) is 0 Å². The molecule has 1 aromatic rings. The highest BCUT2D eigenvalue weighted by molar-refractivity contribution is 5.76. The maximum absolute atomic E-state index is 11.9. The van der Waals surface area contributed by atoms with Gasteiger partial charge in [0.2, 0.25) is 5.91 Å². The van der Waals surface area contributed by atoms with Gasteiger partial charge in [0.15, 0.2) is 0 Å². The highest BCUT2D eigenvalue weighted by Crippen LogP contribution is 2.26. The second-order valence-electron chi connectivity index (χ2n) is 6.15. The van der Waals surface area contributed by atoms with Gasteiger partial charge in [-0.1, -0.05) is 35.7 Å². The van der Waals surface area contributed by atoms with Gasteiger partial charge in [-0.3, -0.25) is 4.79 Å². The van der Waals surface area contributed by atoms with Crippen molar-refractivity contribution >= 4 is 5.91 Å². The van der Waals surface area contributed by atoms with Crippen molar-refractivity contribution in [2.45, 2.75) is 52.0 Å². The zero-order chi connectivity index (χ0) is 14.5. The average Bonchev–Trinajstić information content (AvgIpc) is 2.73. The summed E-state index contributed by atoms with van der Waals surface area (Å²) in [5, 5.41) is 3.02. The van der Waals surface area contributed by atoms with E-state index in [0.29, 0.717) is 18.9 Å². The van der Waals surface area contributed by atoms with E-state index in [9.17, 15) is 4.79 Å². The lowest BCUT2D eigenvalue weighted by atomic mass is 10.00. The maximum Gasteiger partial charge on any atom is 0.220 e. The molecule has 1 aromatic carbocycles. The number of amides is 1. The van der Waals surface area contributed by atoms with E-state index in [4.69, 9.17) is 5.73 Å². The second kappa shape index (κ2) is 6.89. The topological polar surface area (TPSA) is 55.1 Å². The third-order valence-electron chi connectivity index (χ3n) is 4.18. The number of nitrogens with two attached hydrogens (primary N) is 1. The minimum absolute atomic E-state index is 0.150. The Hall–Kier alpha value is -1.35. The molecule has 1 fully saturated rings. The summed E-state index contributed by atoms with van der Waals surface area (Å²) in [6.45, 7) is 4.93. The fourth-order valence-electron chi connectivity index (χ4n) is 3.19. The monoisotopic (exact) mass is 274 g/mol. The summed E-state index contributed by atoms with van der Waals surface area (Å²) in [4.78, 5) is 11.9. The van der Waals surface area contributed by atoms with Crippen molar-refractivity contribution in [1.29, 1.82) is 0 Å². The van der Waals surface area contributed by atoms with E-state index in [1.807, 2.05) is 0 Å². The molecule has 20 heavy (non-hydrogen) atoms. The van der Waals surface area contributed by atoms with Crippen LogP contribution in [0.25, 0.3) is 0 Å². The van der Waals surface area contributed by atoms with E-state index >= 15 is 0 Å². The van der Waals surface area contributed by atoms with Crippen molar-refractivity contribution in [1.82, 2.24) is 5.32 Å². The lowest BCUT2D eigenvalue weighted by molar-refractivity contribution is -0.122. The van der Waals surface area contributed by atoms with E-state index in [1.54, 1.807) is 0 Å². The second-order valence-corrected chi connectivity index (χ2v) is 6.15. The minimum Gasteiger partial charge on any atom is -0.356 e. The van der Waals surface area contributed by atoms with Crippen LogP contribution in [0.5, 0.6) is 0 Å². The van der Waals surface area contributed by atoms with E-state index in [2.05, 4.69) is 37.4 Å². The molecule has 1 saturated carbocycles. The molecule has 0 bridgehead atoms. The Labute approximate surface area is 121 Å². The van der Waals surface area contributed by atoms with E-state index < -0.39 is 0 Å². The number of hydrogen-bond acceptors (Lipinski definition) is 2. The highest BCUT2D eigenvalue weighted by Gasteiger charge is 2.25. The molecule has 0 spiro atoms. The van der Waals surface area contributed by atoms with Gasteiger partial charge in [-0.25, -0.2) is 0 Å².